The van der Waals surface area contributed by atoms with Crippen molar-refractivity contribution in [3.8, 4) is 0 Å². The van der Waals surface area contributed by atoms with Gasteiger partial charge < -0.3 is 14.2 Å². The molecule has 0 saturated heterocycles. The highest BCUT2D eigenvalue weighted by atomic mass is 32.2. The number of ether oxygens (including phenoxy) is 1. The van der Waals surface area contributed by atoms with Crippen molar-refractivity contribution < 1.29 is 9.53 Å². The van der Waals surface area contributed by atoms with Crippen molar-refractivity contribution in [3.05, 3.63) is 12.1 Å². The van der Waals surface area contributed by atoms with Gasteiger partial charge in [0.15, 0.2) is 0 Å². The van der Waals surface area contributed by atoms with Gasteiger partial charge in [-0.2, -0.15) is 0 Å². The highest BCUT2D eigenvalue weighted by Gasteiger charge is 2.09. The zero-order valence-corrected chi connectivity index (χ0v) is 11.0. The fourth-order valence-corrected chi connectivity index (χ4v) is 2.21. The van der Waals surface area contributed by atoms with Gasteiger partial charge in [0.25, 0.3) is 0 Å². The lowest BCUT2D eigenvalue weighted by Gasteiger charge is -2.14. The van der Waals surface area contributed by atoms with E-state index in [2.05, 4.69) is 4.57 Å². The van der Waals surface area contributed by atoms with E-state index in [-0.39, 0.29) is 5.97 Å². The Balaban J connectivity index is 2.58. The lowest BCUT2D eigenvalue weighted by atomic mass is 10.6. The van der Waals surface area contributed by atoms with Crippen LogP contribution in [0.2, 0.25) is 0 Å². The standard InChI is InChI=1S/C11H18N2O2S/c1-5-15-11(14)8-16-10-7-6-9(12(2)3)13(10)4/h6-7H,5,8H2,1-4H3. The van der Waals surface area contributed by atoms with Crippen LogP contribution in [0.4, 0.5) is 5.82 Å². The molecule has 0 saturated carbocycles. The van der Waals surface area contributed by atoms with Gasteiger partial charge in [-0.3, -0.25) is 4.79 Å². The van der Waals surface area contributed by atoms with E-state index in [0.717, 1.165) is 10.8 Å². The lowest BCUT2D eigenvalue weighted by Crippen LogP contribution is -2.13. The number of aromatic nitrogens is 1. The number of anilines is 1. The smallest absolute Gasteiger partial charge is 0.316 e. The molecular weight excluding hydrogens is 224 g/mol. The molecule has 0 N–H and O–H groups in total. The zero-order valence-electron chi connectivity index (χ0n) is 10.2. The van der Waals surface area contributed by atoms with Crippen molar-refractivity contribution in [1.82, 2.24) is 4.57 Å². The van der Waals surface area contributed by atoms with E-state index in [9.17, 15) is 4.79 Å². The molecule has 0 aliphatic rings. The number of esters is 1. The summed E-state index contributed by atoms with van der Waals surface area (Å²) in [6.07, 6.45) is 0. The summed E-state index contributed by atoms with van der Waals surface area (Å²) >= 11 is 1.50. The van der Waals surface area contributed by atoms with Crippen LogP contribution >= 0.6 is 11.8 Å². The maximum atomic E-state index is 11.2. The average molecular weight is 242 g/mol. The largest absolute Gasteiger partial charge is 0.465 e. The minimum atomic E-state index is -0.167. The number of hydrogen-bond acceptors (Lipinski definition) is 4. The van der Waals surface area contributed by atoms with E-state index in [0.29, 0.717) is 12.4 Å². The fraction of sp³-hybridized carbons (Fsp3) is 0.545. The molecule has 1 aromatic rings. The van der Waals surface area contributed by atoms with E-state index in [1.165, 1.54) is 11.8 Å². The van der Waals surface area contributed by atoms with Crippen LogP contribution in [-0.4, -0.2) is 37.0 Å². The number of hydrogen-bond donors (Lipinski definition) is 0. The van der Waals surface area contributed by atoms with Gasteiger partial charge in [-0.1, -0.05) is 11.8 Å². The van der Waals surface area contributed by atoms with Crippen molar-refractivity contribution >= 4 is 23.5 Å². The van der Waals surface area contributed by atoms with Gasteiger partial charge in [-0.15, -0.1) is 0 Å². The van der Waals surface area contributed by atoms with Crippen molar-refractivity contribution in [1.29, 1.82) is 0 Å². The molecule has 1 heterocycles. The van der Waals surface area contributed by atoms with E-state index >= 15 is 0 Å². The van der Waals surface area contributed by atoms with Gasteiger partial charge in [0.2, 0.25) is 0 Å². The SMILES string of the molecule is CCOC(=O)CSc1ccc(N(C)C)n1C. The van der Waals surface area contributed by atoms with Gasteiger partial charge in [-0.05, 0) is 19.1 Å². The Morgan fingerprint density at radius 1 is 1.50 bits per heavy atom. The first-order valence-corrected chi connectivity index (χ1v) is 6.16. The lowest BCUT2D eigenvalue weighted by molar-refractivity contribution is -0.139. The Kier molecular flexibility index (Phi) is 4.73. The van der Waals surface area contributed by atoms with Gasteiger partial charge >= 0.3 is 5.97 Å². The first kappa shape index (κ1) is 13.0. The molecule has 90 valence electrons. The van der Waals surface area contributed by atoms with Crippen LogP contribution in [0.15, 0.2) is 17.2 Å². The molecule has 0 bridgehead atoms. The van der Waals surface area contributed by atoms with Crippen LogP contribution < -0.4 is 4.90 Å². The Hall–Kier alpha value is -1.10. The minimum Gasteiger partial charge on any atom is -0.465 e. The number of nitrogens with zero attached hydrogens (tertiary/aromatic N) is 2. The number of carbonyl (C=O) groups is 1. The van der Waals surface area contributed by atoms with E-state index in [4.69, 9.17) is 4.74 Å². The summed E-state index contributed by atoms with van der Waals surface area (Å²) in [5.74, 6) is 1.31. The first-order valence-electron chi connectivity index (χ1n) is 5.17. The molecule has 16 heavy (non-hydrogen) atoms. The number of carbonyl (C=O) groups excluding carboxylic acids is 1. The van der Waals surface area contributed by atoms with Crippen LogP contribution in [0.1, 0.15) is 6.92 Å². The molecule has 0 aliphatic carbocycles. The molecule has 0 unspecified atom stereocenters. The predicted molar refractivity (Wildman–Crippen MR) is 67.1 cm³/mol. The topological polar surface area (TPSA) is 34.5 Å². The van der Waals surface area contributed by atoms with Crippen molar-refractivity contribution in [2.24, 2.45) is 7.05 Å². The summed E-state index contributed by atoms with van der Waals surface area (Å²) in [7, 11) is 5.98. The van der Waals surface area contributed by atoms with Crippen LogP contribution in [-0.2, 0) is 16.6 Å². The maximum absolute atomic E-state index is 11.2. The second kappa shape index (κ2) is 5.84. The molecule has 4 nitrogen and oxygen atoms in total. The molecule has 0 fully saturated rings. The zero-order chi connectivity index (χ0) is 12.1. The molecular formula is C11H18N2O2S. The molecule has 5 heteroatoms. The second-order valence-corrected chi connectivity index (χ2v) is 4.57. The summed E-state index contributed by atoms with van der Waals surface area (Å²) in [4.78, 5) is 13.2. The fourth-order valence-electron chi connectivity index (χ4n) is 1.41. The van der Waals surface area contributed by atoms with Crippen LogP contribution in [0, 0.1) is 0 Å². The molecule has 0 spiro atoms. The molecule has 0 aromatic carbocycles. The highest BCUT2D eigenvalue weighted by Crippen LogP contribution is 2.24. The van der Waals surface area contributed by atoms with Crippen LogP contribution in [0.5, 0.6) is 0 Å². The summed E-state index contributed by atoms with van der Waals surface area (Å²) < 4.78 is 6.94. The summed E-state index contributed by atoms with van der Waals surface area (Å²) in [5, 5.41) is 1.07. The second-order valence-electron chi connectivity index (χ2n) is 3.58. The molecule has 0 aliphatic heterocycles. The molecule has 1 aromatic heterocycles. The van der Waals surface area contributed by atoms with Gasteiger partial charge in [0.05, 0.1) is 17.4 Å². The van der Waals surface area contributed by atoms with E-state index in [1.807, 2.05) is 45.1 Å². The first-order chi connectivity index (χ1) is 7.56. The van der Waals surface area contributed by atoms with Gasteiger partial charge in [0.1, 0.15) is 5.82 Å². The molecule has 1 rings (SSSR count). The molecule has 0 amide bonds. The van der Waals surface area contributed by atoms with Gasteiger partial charge in [0, 0.05) is 21.1 Å². The normalized spacial score (nSPS) is 10.2. The van der Waals surface area contributed by atoms with Gasteiger partial charge in [-0.25, -0.2) is 0 Å². The third-order valence-electron chi connectivity index (χ3n) is 2.15. The average Bonchev–Trinajstić information content (AvgIpc) is 2.57. The molecule has 0 atom stereocenters. The van der Waals surface area contributed by atoms with Crippen LogP contribution in [0.3, 0.4) is 0 Å². The van der Waals surface area contributed by atoms with Crippen molar-refractivity contribution in [2.75, 3.05) is 31.4 Å². The minimum absolute atomic E-state index is 0.167. The van der Waals surface area contributed by atoms with Crippen molar-refractivity contribution in [2.45, 2.75) is 11.9 Å². The third-order valence-corrected chi connectivity index (χ3v) is 3.24. The Morgan fingerprint density at radius 2 is 2.19 bits per heavy atom. The molecule has 0 radical (unpaired) electrons. The summed E-state index contributed by atoms with van der Waals surface area (Å²) in [5.41, 5.74) is 0. The number of rotatable bonds is 5. The Bertz CT molecular complexity index is 361. The van der Waals surface area contributed by atoms with Crippen LogP contribution in [0.25, 0.3) is 0 Å². The summed E-state index contributed by atoms with van der Waals surface area (Å²) in [6, 6.07) is 4.05. The quantitative estimate of drug-likeness (QED) is 0.582. The predicted octanol–water partition coefficient (Wildman–Crippen LogP) is 1.75. The van der Waals surface area contributed by atoms with E-state index < -0.39 is 0 Å². The number of thioether (sulfide) groups is 1. The third kappa shape index (κ3) is 3.20. The summed E-state index contributed by atoms with van der Waals surface area (Å²) in [6.45, 7) is 2.25. The monoisotopic (exact) mass is 242 g/mol. The van der Waals surface area contributed by atoms with Crippen molar-refractivity contribution in [3.63, 3.8) is 0 Å². The maximum Gasteiger partial charge on any atom is 0.316 e. The Labute approximate surface area is 101 Å². The Morgan fingerprint density at radius 3 is 2.69 bits per heavy atom. The van der Waals surface area contributed by atoms with E-state index in [1.54, 1.807) is 0 Å². The highest BCUT2D eigenvalue weighted by molar-refractivity contribution is 7.99.